The van der Waals surface area contributed by atoms with Gasteiger partial charge in [0.25, 0.3) is 0 Å². The Labute approximate surface area is 58.3 Å². The molecular weight excluding hydrogens is 132 g/mol. The van der Waals surface area contributed by atoms with Crippen LogP contribution in [0.1, 0.15) is 6.92 Å². The van der Waals surface area contributed by atoms with E-state index in [1.807, 2.05) is 0 Å². The number of carbonyl (C=O) groups excluding carboxylic acids is 1. The summed E-state index contributed by atoms with van der Waals surface area (Å²) in [6.45, 7) is 1.48. The van der Waals surface area contributed by atoms with Gasteiger partial charge in [-0.25, -0.2) is 0 Å². The molecule has 0 amide bonds. The Balaban J connectivity index is 2.95. The van der Waals surface area contributed by atoms with Gasteiger partial charge in [-0.3, -0.25) is 4.79 Å². The number of hydrogen-bond donors (Lipinski definition) is 2. The number of ketones is 1. The summed E-state index contributed by atoms with van der Waals surface area (Å²) in [5.74, 6) is -0.862. The Kier molecular flexibility index (Phi) is 1.37. The van der Waals surface area contributed by atoms with Crippen molar-refractivity contribution in [1.29, 1.82) is 0 Å². The van der Waals surface area contributed by atoms with Gasteiger partial charge < -0.3 is 10.2 Å². The van der Waals surface area contributed by atoms with E-state index < -0.39 is 17.1 Å². The van der Waals surface area contributed by atoms with Crippen LogP contribution < -0.4 is 0 Å². The molecule has 0 bridgehead atoms. The first-order valence-corrected chi connectivity index (χ1v) is 2.89. The molecule has 0 heterocycles. The monoisotopic (exact) mass is 140 g/mol. The lowest BCUT2D eigenvalue weighted by Crippen LogP contribution is -2.23. The summed E-state index contributed by atoms with van der Waals surface area (Å²) in [5, 5.41) is 18.0. The molecule has 1 aliphatic rings. The third-order valence-electron chi connectivity index (χ3n) is 1.25. The molecule has 1 rings (SSSR count). The largest absolute Gasteiger partial charge is 0.504 e. The summed E-state index contributed by atoms with van der Waals surface area (Å²) < 4.78 is 0. The van der Waals surface area contributed by atoms with Crippen molar-refractivity contribution < 1.29 is 15.0 Å². The Morgan fingerprint density at radius 3 is 2.60 bits per heavy atom. The van der Waals surface area contributed by atoms with Crippen molar-refractivity contribution in [2.75, 3.05) is 0 Å². The van der Waals surface area contributed by atoms with Gasteiger partial charge in [0.2, 0.25) is 5.78 Å². The van der Waals surface area contributed by atoms with Gasteiger partial charge in [0, 0.05) is 0 Å². The van der Waals surface area contributed by atoms with Crippen LogP contribution in [0.4, 0.5) is 0 Å². The average Bonchev–Trinajstić information content (AvgIpc) is 1.79. The van der Waals surface area contributed by atoms with Crippen LogP contribution in [0.2, 0.25) is 0 Å². The van der Waals surface area contributed by atoms with Crippen molar-refractivity contribution in [2.24, 2.45) is 0 Å². The zero-order valence-corrected chi connectivity index (χ0v) is 5.53. The van der Waals surface area contributed by atoms with Gasteiger partial charge in [-0.05, 0) is 25.2 Å². The number of aliphatic hydroxyl groups excluding tert-OH is 1. The summed E-state index contributed by atoms with van der Waals surface area (Å²) in [5.41, 5.74) is -1.18. The quantitative estimate of drug-likeness (QED) is 0.509. The Bertz CT molecular complexity index is 223. The maximum atomic E-state index is 10.6. The highest BCUT2D eigenvalue weighted by Gasteiger charge is 2.21. The minimum Gasteiger partial charge on any atom is -0.504 e. The Morgan fingerprint density at radius 1 is 1.60 bits per heavy atom. The van der Waals surface area contributed by atoms with Crippen molar-refractivity contribution in [3.8, 4) is 0 Å². The second-order valence-corrected chi connectivity index (χ2v) is 2.45. The molecule has 1 atom stereocenters. The van der Waals surface area contributed by atoms with E-state index in [9.17, 15) is 9.90 Å². The molecule has 0 saturated carbocycles. The molecule has 0 aromatic carbocycles. The predicted octanol–water partition coefficient (Wildman–Crippen LogP) is 0.318. The molecule has 3 nitrogen and oxygen atoms in total. The highest BCUT2D eigenvalue weighted by Crippen LogP contribution is 2.15. The molecule has 0 aromatic heterocycles. The van der Waals surface area contributed by atoms with Crippen LogP contribution in [0.5, 0.6) is 0 Å². The molecular formula is C7H8O3. The van der Waals surface area contributed by atoms with E-state index in [4.69, 9.17) is 5.11 Å². The smallest absolute Gasteiger partial charge is 0.219 e. The van der Waals surface area contributed by atoms with E-state index in [2.05, 4.69) is 0 Å². The molecule has 1 aliphatic carbocycles. The molecule has 10 heavy (non-hydrogen) atoms. The van der Waals surface area contributed by atoms with E-state index in [0.29, 0.717) is 0 Å². The molecule has 54 valence electrons. The fourth-order valence-electron chi connectivity index (χ4n) is 0.726. The van der Waals surface area contributed by atoms with Crippen LogP contribution in [-0.2, 0) is 4.79 Å². The lowest BCUT2D eigenvalue weighted by Gasteiger charge is -2.16. The van der Waals surface area contributed by atoms with Gasteiger partial charge >= 0.3 is 0 Å². The van der Waals surface area contributed by atoms with Crippen molar-refractivity contribution in [3.63, 3.8) is 0 Å². The zero-order valence-electron chi connectivity index (χ0n) is 5.53. The van der Waals surface area contributed by atoms with Crippen LogP contribution in [-0.4, -0.2) is 21.6 Å². The van der Waals surface area contributed by atoms with Crippen LogP contribution in [0.3, 0.4) is 0 Å². The summed E-state index contributed by atoms with van der Waals surface area (Å²) in [6.07, 6.45) is 3.58. The molecule has 0 unspecified atom stereocenters. The molecule has 0 fully saturated rings. The summed E-state index contributed by atoms with van der Waals surface area (Å²) in [4.78, 5) is 10.6. The fourth-order valence-corrected chi connectivity index (χ4v) is 0.726. The van der Waals surface area contributed by atoms with Gasteiger partial charge in [-0.1, -0.05) is 0 Å². The molecule has 0 aromatic rings. The fraction of sp³-hybridized carbons (Fsp3) is 0.286. The molecule has 0 aliphatic heterocycles. The number of carbonyl (C=O) groups is 1. The maximum Gasteiger partial charge on any atom is 0.219 e. The van der Waals surface area contributed by atoms with E-state index >= 15 is 0 Å². The molecule has 3 heteroatoms. The van der Waals surface area contributed by atoms with Gasteiger partial charge in [0.1, 0.15) is 5.60 Å². The maximum absolute atomic E-state index is 10.6. The van der Waals surface area contributed by atoms with E-state index in [-0.39, 0.29) is 0 Å². The summed E-state index contributed by atoms with van der Waals surface area (Å²) >= 11 is 0. The highest BCUT2D eigenvalue weighted by molar-refractivity contribution is 6.03. The topological polar surface area (TPSA) is 57.5 Å². The third kappa shape index (κ3) is 1.25. The first-order valence-electron chi connectivity index (χ1n) is 2.89. The van der Waals surface area contributed by atoms with Crippen LogP contribution >= 0.6 is 0 Å². The standard InChI is InChI=1S/C7H8O3/c1-7(10)3-2-5(8)6(9)4-7/h2-4,9-10H,1H3/t7-/m1/s1. The average molecular weight is 140 g/mol. The lowest BCUT2D eigenvalue weighted by atomic mass is 9.99. The second-order valence-electron chi connectivity index (χ2n) is 2.45. The highest BCUT2D eigenvalue weighted by atomic mass is 16.3. The predicted molar refractivity (Wildman–Crippen MR) is 35.5 cm³/mol. The first kappa shape index (κ1) is 7.02. The van der Waals surface area contributed by atoms with Gasteiger partial charge in [0.05, 0.1) is 0 Å². The molecule has 0 radical (unpaired) electrons. The summed E-state index contributed by atoms with van der Waals surface area (Å²) in [7, 11) is 0. The third-order valence-corrected chi connectivity index (χ3v) is 1.25. The SMILES string of the molecule is C[C@@]1(O)C=CC(=O)C(O)=C1. The van der Waals surface area contributed by atoms with Crippen molar-refractivity contribution >= 4 is 5.78 Å². The van der Waals surface area contributed by atoms with Gasteiger partial charge in [0.15, 0.2) is 5.76 Å². The van der Waals surface area contributed by atoms with E-state index in [1.165, 1.54) is 13.0 Å². The zero-order chi connectivity index (χ0) is 7.78. The van der Waals surface area contributed by atoms with Gasteiger partial charge in [-0.2, -0.15) is 0 Å². The minimum absolute atomic E-state index is 0.396. The van der Waals surface area contributed by atoms with E-state index in [1.54, 1.807) is 0 Å². The second kappa shape index (κ2) is 1.95. The molecule has 2 N–H and O–H groups in total. The number of allylic oxidation sites excluding steroid dienone is 1. The van der Waals surface area contributed by atoms with Crippen molar-refractivity contribution in [2.45, 2.75) is 12.5 Å². The molecule has 0 saturated heterocycles. The Hall–Kier alpha value is -1.09. The van der Waals surface area contributed by atoms with E-state index in [0.717, 1.165) is 12.2 Å². The lowest BCUT2D eigenvalue weighted by molar-refractivity contribution is -0.114. The number of hydrogen-bond acceptors (Lipinski definition) is 3. The van der Waals surface area contributed by atoms with Crippen LogP contribution in [0, 0.1) is 0 Å². The number of rotatable bonds is 0. The van der Waals surface area contributed by atoms with Crippen molar-refractivity contribution in [1.82, 2.24) is 0 Å². The Morgan fingerprint density at radius 2 is 2.20 bits per heavy atom. The summed E-state index contributed by atoms with van der Waals surface area (Å²) in [6, 6.07) is 0. The van der Waals surface area contributed by atoms with Crippen molar-refractivity contribution in [3.05, 3.63) is 24.0 Å². The van der Waals surface area contributed by atoms with Crippen LogP contribution in [0.25, 0.3) is 0 Å². The normalized spacial score (nSPS) is 32.2. The van der Waals surface area contributed by atoms with Gasteiger partial charge in [-0.15, -0.1) is 0 Å². The van der Waals surface area contributed by atoms with Crippen LogP contribution in [0.15, 0.2) is 24.0 Å². The minimum atomic E-state index is -1.18. The molecule has 0 spiro atoms. The number of aliphatic hydroxyl groups is 2. The first-order chi connectivity index (χ1) is 4.51.